The smallest absolute Gasteiger partial charge is 0.276 e. The van der Waals surface area contributed by atoms with E-state index in [1.807, 2.05) is 27.7 Å². The van der Waals surface area contributed by atoms with Crippen LogP contribution < -0.4 is 20.7 Å². The molecular formula is C33H45ClN8O7. The maximum atomic E-state index is 13.5. The third-order valence-corrected chi connectivity index (χ3v) is 8.18. The summed E-state index contributed by atoms with van der Waals surface area (Å²) in [6, 6.07) is 3.75. The van der Waals surface area contributed by atoms with Crippen LogP contribution in [0.15, 0.2) is 35.0 Å². The monoisotopic (exact) mass is 700 g/mol. The van der Waals surface area contributed by atoms with E-state index in [4.69, 9.17) is 20.9 Å². The summed E-state index contributed by atoms with van der Waals surface area (Å²) in [6.45, 7) is 10.3. The molecule has 2 aliphatic heterocycles. The number of halogens is 1. The first-order valence-corrected chi connectivity index (χ1v) is 16.8. The first-order valence-electron chi connectivity index (χ1n) is 16.5. The second-order valence-electron chi connectivity index (χ2n) is 12.8. The Bertz CT molecular complexity index is 1600. The molecule has 0 unspecified atom stereocenters. The highest BCUT2D eigenvalue weighted by Crippen LogP contribution is 2.26. The lowest BCUT2D eigenvalue weighted by molar-refractivity contribution is -0.131. The fraction of sp³-hybridized carbons (Fsp3) is 0.545. The zero-order chi connectivity index (χ0) is 35.7. The molecule has 0 saturated heterocycles. The first kappa shape index (κ1) is 37.3. The summed E-state index contributed by atoms with van der Waals surface area (Å²) in [7, 11) is 0. The summed E-state index contributed by atoms with van der Waals surface area (Å²) in [5.41, 5.74) is 0.976. The molecule has 4 bridgehead atoms. The van der Waals surface area contributed by atoms with E-state index >= 15 is 0 Å². The number of benzene rings is 1. The van der Waals surface area contributed by atoms with Crippen molar-refractivity contribution in [1.29, 1.82) is 0 Å². The minimum atomic E-state index is -1.36. The molecule has 3 atom stereocenters. The Kier molecular flexibility index (Phi) is 13.1. The first-order chi connectivity index (χ1) is 23.3. The molecule has 2 aromatic heterocycles. The van der Waals surface area contributed by atoms with Gasteiger partial charge >= 0.3 is 0 Å². The van der Waals surface area contributed by atoms with Crippen LogP contribution in [0.5, 0.6) is 5.75 Å². The van der Waals surface area contributed by atoms with Crippen molar-refractivity contribution in [2.45, 2.75) is 84.5 Å². The number of hydrogen-bond donors (Lipinski definition) is 4. The van der Waals surface area contributed by atoms with Crippen molar-refractivity contribution in [2.24, 2.45) is 5.92 Å². The molecule has 0 saturated carbocycles. The number of hydrogen-bond acceptors (Lipinski definition) is 10. The van der Waals surface area contributed by atoms with Gasteiger partial charge in [0, 0.05) is 62.8 Å². The van der Waals surface area contributed by atoms with Gasteiger partial charge in [-0.1, -0.05) is 49.7 Å². The van der Waals surface area contributed by atoms with Crippen LogP contribution in [-0.2, 0) is 22.6 Å². The van der Waals surface area contributed by atoms with Crippen LogP contribution in [0.3, 0.4) is 0 Å². The van der Waals surface area contributed by atoms with Crippen LogP contribution in [0.1, 0.15) is 85.7 Å². The number of carbonyl (C=O) groups is 4. The minimum absolute atomic E-state index is 0.0131. The number of aliphatic hydroxyl groups is 1. The third kappa shape index (κ3) is 10.5. The fourth-order valence-corrected chi connectivity index (χ4v) is 5.39. The maximum Gasteiger partial charge on any atom is 0.276 e. The number of aryl methyl sites for hydroxylation is 1. The zero-order valence-electron chi connectivity index (χ0n) is 28.4. The summed E-state index contributed by atoms with van der Waals surface area (Å²) in [6.07, 6.45) is 1.78. The number of amides is 4. The van der Waals surface area contributed by atoms with Crippen LogP contribution in [0, 0.1) is 5.92 Å². The van der Waals surface area contributed by atoms with Crippen molar-refractivity contribution in [1.82, 2.24) is 41.0 Å². The molecule has 4 heterocycles. The van der Waals surface area contributed by atoms with Crippen molar-refractivity contribution < 1.29 is 33.5 Å². The van der Waals surface area contributed by atoms with Gasteiger partial charge in [-0.05, 0) is 37.5 Å². The maximum absolute atomic E-state index is 13.5. The van der Waals surface area contributed by atoms with Crippen molar-refractivity contribution in [3.05, 3.63) is 58.2 Å². The van der Waals surface area contributed by atoms with Gasteiger partial charge in [-0.3, -0.25) is 23.9 Å². The summed E-state index contributed by atoms with van der Waals surface area (Å²) in [4.78, 5) is 55.0. The van der Waals surface area contributed by atoms with Gasteiger partial charge in [-0.2, -0.15) is 0 Å². The summed E-state index contributed by atoms with van der Waals surface area (Å²) < 4.78 is 12.9. The molecular weight excluding hydrogens is 656 g/mol. The summed E-state index contributed by atoms with van der Waals surface area (Å²) >= 11 is 6.40. The molecule has 4 amide bonds. The van der Waals surface area contributed by atoms with Gasteiger partial charge in [0.1, 0.15) is 23.6 Å². The molecule has 5 rings (SSSR count). The number of fused-ring (bicyclic) bond motifs is 17. The van der Waals surface area contributed by atoms with Crippen LogP contribution in [0.4, 0.5) is 0 Å². The second-order valence-corrected chi connectivity index (χ2v) is 13.2. The highest BCUT2D eigenvalue weighted by atomic mass is 35.5. The van der Waals surface area contributed by atoms with E-state index in [9.17, 15) is 24.3 Å². The topological polar surface area (TPSA) is 194 Å². The van der Waals surface area contributed by atoms with E-state index in [1.54, 1.807) is 27.9 Å². The number of aliphatic hydroxyl groups excluding tert-OH is 1. The van der Waals surface area contributed by atoms with E-state index < -0.39 is 35.9 Å². The average molecular weight is 701 g/mol. The largest absolute Gasteiger partial charge is 0.492 e. The quantitative estimate of drug-likeness (QED) is 0.287. The molecule has 0 radical (unpaired) electrons. The van der Waals surface area contributed by atoms with Gasteiger partial charge in [0.05, 0.1) is 23.4 Å². The molecule has 16 heteroatoms. The Balaban J connectivity index is 1.58. The Morgan fingerprint density at radius 2 is 1.84 bits per heavy atom. The van der Waals surface area contributed by atoms with Crippen LogP contribution >= 0.6 is 11.6 Å². The zero-order valence-corrected chi connectivity index (χ0v) is 29.2. The van der Waals surface area contributed by atoms with Crippen molar-refractivity contribution in [2.75, 3.05) is 26.2 Å². The summed E-state index contributed by atoms with van der Waals surface area (Å²) in [5, 5.41) is 31.1. The molecule has 3 aromatic rings. The standard InChI is InChI=1S/C33H45ClN8O7/c1-19(2)15-25-31(45)35-10-13-41(33(47)26-17-28(20(3)4)49-39-26)12-9-23-18-42(40-38-23)11-6-14-48-27-8-7-22(16-24(27)34)30(44)37-29(21(5)43)32(46)36-25/h7-8,16-21,25,29,43H,6,9-15H2,1-5H3,(H,35,45)(H,36,46)(H,37,44)/t21-,25-,29+/m1/s1. The van der Waals surface area contributed by atoms with E-state index in [2.05, 4.69) is 31.4 Å². The predicted octanol–water partition coefficient (Wildman–Crippen LogP) is 2.34. The Hall–Kier alpha value is -4.50. The van der Waals surface area contributed by atoms with Crippen molar-refractivity contribution in [3.8, 4) is 5.75 Å². The lowest BCUT2D eigenvalue weighted by Gasteiger charge is -2.26. The fourth-order valence-electron chi connectivity index (χ4n) is 5.15. The Morgan fingerprint density at radius 1 is 1.06 bits per heavy atom. The number of aromatic nitrogens is 4. The number of rotatable bonds is 5. The number of nitrogens with one attached hydrogen (secondary N) is 3. The molecule has 2 aliphatic rings. The van der Waals surface area contributed by atoms with Gasteiger partial charge in [0.15, 0.2) is 5.69 Å². The van der Waals surface area contributed by atoms with E-state index in [0.717, 1.165) is 0 Å². The number of nitrogens with zero attached hydrogens (tertiary/aromatic N) is 5. The molecule has 4 N–H and O–H groups in total. The van der Waals surface area contributed by atoms with Crippen LogP contribution in [-0.4, -0.2) is 98.2 Å². The van der Waals surface area contributed by atoms with Crippen molar-refractivity contribution >= 4 is 35.2 Å². The molecule has 49 heavy (non-hydrogen) atoms. The number of carbonyl (C=O) groups excluding carboxylic acids is 4. The van der Waals surface area contributed by atoms with Crippen LogP contribution in [0.2, 0.25) is 5.02 Å². The van der Waals surface area contributed by atoms with Gasteiger partial charge < -0.3 is 35.2 Å². The Morgan fingerprint density at radius 3 is 2.51 bits per heavy atom. The lowest BCUT2D eigenvalue weighted by atomic mass is 10.0. The second kappa shape index (κ2) is 17.2. The average Bonchev–Trinajstić information content (AvgIpc) is 3.73. The summed E-state index contributed by atoms with van der Waals surface area (Å²) in [5.74, 6) is -1.23. The molecule has 0 fully saturated rings. The number of ether oxygens (including phenoxy) is 1. The van der Waals surface area contributed by atoms with E-state index in [-0.39, 0.29) is 60.1 Å². The normalized spacial score (nSPS) is 19.5. The molecule has 0 spiro atoms. The van der Waals surface area contributed by atoms with E-state index in [1.165, 1.54) is 19.1 Å². The lowest BCUT2D eigenvalue weighted by Crippen LogP contribution is -2.57. The highest BCUT2D eigenvalue weighted by molar-refractivity contribution is 6.32. The van der Waals surface area contributed by atoms with Crippen molar-refractivity contribution in [3.63, 3.8) is 0 Å². The van der Waals surface area contributed by atoms with Gasteiger partial charge in [-0.15, -0.1) is 5.10 Å². The molecule has 266 valence electrons. The van der Waals surface area contributed by atoms with E-state index in [0.29, 0.717) is 43.2 Å². The van der Waals surface area contributed by atoms with Gasteiger partial charge in [-0.25, -0.2) is 0 Å². The predicted molar refractivity (Wildman–Crippen MR) is 179 cm³/mol. The third-order valence-electron chi connectivity index (χ3n) is 7.88. The molecule has 15 nitrogen and oxygen atoms in total. The highest BCUT2D eigenvalue weighted by Gasteiger charge is 2.31. The van der Waals surface area contributed by atoms with Gasteiger partial charge in [0.25, 0.3) is 11.8 Å². The SMILES string of the molecule is CC(C)C[C@H]1NC(=O)[C@H]([C@@H](C)O)NC(=O)c2ccc(c(Cl)c2)OCCCn2cc(nn2)CCN(C(=O)c2cc(C(C)C)on2)CCNC1=O. The molecule has 0 aliphatic carbocycles. The van der Waals surface area contributed by atoms with Gasteiger partial charge in [0.2, 0.25) is 11.8 Å². The minimum Gasteiger partial charge on any atom is -0.492 e. The molecule has 1 aromatic carbocycles. The Labute approximate surface area is 290 Å². The van der Waals surface area contributed by atoms with Crippen LogP contribution in [0.25, 0.3) is 0 Å².